The molecule has 2 aromatic rings. The van der Waals surface area contributed by atoms with E-state index in [1.807, 2.05) is 12.1 Å². The number of benzene rings is 2. The SMILES string of the molecule is COc1ccc(O/C=C2/OC(=O)c3ccccc32)cc1. The Kier molecular flexibility index (Phi) is 3.13. The lowest BCUT2D eigenvalue weighted by Gasteiger charge is -2.03. The van der Waals surface area contributed by atoms with E-state index in [1.165, 1.54) is 6.26 Å². The Hall–Kier alpha value is -2.75. The van der Waals surface area contributed by atoms with Crippen molar-refractivity contribution in [3.8, 4) is 11.5 Å². The van der Waals surface area contributed by atoms with Crippen LogP contribution in [-0.4, -0.2) is 13.1 Å². The molecule has 0 saturated carbocycles. The van der Waals surface area contributed by atoms with Gasteiger partial charge in [-0.15, -0.1) is 0 Å². The molecule has 0 radical (unpaired) electrons. The highest BCUT2D eigenvalue weighted by Gasteiger charge is 2.26. The summed E-state index contributed by atoms with van der Waals surface area (Å²) in [6, 6.07) is 14.3. The summed E-state index contributed by atoms with van der Waals surface area (Å²) in [6.45, 7) is 0. The maximum Gasteiger partial charge on any atom is 0.344 e. The molecule has 4 heteroatoms. The average Bonchev–Trinajstić information content (AvgIpc) is 2.83. The van der Waals surface area contributed by atoms with Gasteiger partial charge in [0.15, 0.2) is 5.76 Å². The molecule has 0 N–H and O–H groups in total. The topological polar surface area (TPSA) is 44.8 Å². The van der Waals surface area contributed by atoms with Gasteiger partial charge in [-0.3, -0.25) is 0 Å². The summed E-state index contributed by atoms with van der Waals surface area (Å²) in [5.41, 5.74) is 1.29. The zero-order chi connectivity index (χ0) is 13.9. The molecule has 1 heterocycles. The zero-order valence-corrected chi connectivity index (χ0v) is 10.8. The van der Waals surface area contributed by atoms with E-state index in [1.54, 1.807) is 43.5 Å². The van der Waals surface area contributed by atoms with Gasteiger partial charge in [-0.2, -0.15) is 0 Å². The first-order valence-corrected chi connectivity index (χ1v) is 6.10. The third-order valence-corrected chi connectivity index (χ3v) is 2.98. The quantitative estimate of drug-likeness (QED) is 0.633. The van der Waals surface area contributed by atoms with Gasteiger partial charge in [0, 0.05) is 5.56 Å². The Balaban J connectivity index is 1.81. The van der Waals surface area contributed by atoms with E-state index < -0.39 is 0 Å². The number of fused-ring (bicyclic) bond motifs is 1. The third kappa shape index (κ3) is 2.23. The molecule has 4 nitrogen and oxygen atoms in total. The summed E-state index contributed by atoms with van der Waals surface area (Å²) in [5, 5.41) is 0. The largest absolute Gasteiger partial charge is 0.497 e. The molecule has 100 valence electrons. The number of esters is 1. The van der Waals surface area contributed by atoms with Gasteiger partial charge in [0.1, 0.15) is 17.8 Å². The van der Waals surface area contributed by atoms with Crippen molar-refractivity contribution < 1.29 is 19.0 Å². The maximum absolute atomic E-state index is 11.6. The third-order valence-electron chi connectivity index (χ3n) is 2.98. The summed E-state index contributed by atoms with van der Waals surface area (Å²) in [7, 11) is 1.60. The van der Waals surface area contributed by atoms with Crippen molar-refractivity contribution in [3.63, 3.8) is 0 Å². The predicted molar refractivity (Wildman–Crippen MR) is 73.5 cm³/mol. The Morgan fingerprint density at radius 2 is 1.60 bits per heavy atom. The molecule has 0 aromatic heterocycles. The first kappa shape index (κ1) is 12.3. The molecule has 0 amide bonds. The Bertz CT molecular complexity index is 671. The lowest BCUT2D eigenvalue weighted by Crippen LogP contribution is -1.92. The standard InChI is InChI=1S/C16H12O4/c1-18-11-6-8-12(9-7-11)19-10-15-13-4-2-3-5-14(13)16(17)20-15/h2-10H,1H3/b15-10+. The van der Waals surface area contributed by atoms with E-state index in [-0.39, 0.29) is 5.97 Å². The van der Waals surface area contributed by atoms with Gasteiger partial charge in [0.25, 0.3) is 0 Å². The van der Waals surface area contributed by atoms with Gasteiger partial charge in [-0.1, -0.05) is 18.2 Å². The van der Waals surface area contributed by atoms with Crippen LogP contribution in [0.5, 0.6) is 11.5 Å². The van der Waals surface area contributed by atoms with Crippen LogP contribution in [-0.2, 0) is 4.74 Å². The van der Waals surface area contributed by atoms with Crippen molar-refractivity contribution in [1.82, 2.24) is 0 Å². The molecular weight excluding hydrogens is 256 g/mol. The fourth-order valence-electron chi connectivity index (χ4n) is 1.95. The molecule has 1 aliphatic heterocycles. The van der Waals surface area contributed by atoms with Gasteiger partial charge >= 0.3 is 5.97 Å². The normalized spacial score (nSPS) is 14.8. The second-order valence-electron chi connectivity index (χ2n) is 4.21. The number of carbonyl (C=O) groups excluding carboxylic acids is 1. The number of carbonyl (C=O) groups is 1. The monoisotopic (exact) mass is 268 g/mol. The number of cyclic esters (lactones) is 1. The molecule has 0 unspecified atom stereocenters. The minimum absolute atomic E-state index is 0.356. The predicted octanol–water partition coefficient (Wildman–Crippen LogP) is 3.24. The highest BCUT2D eigenvalue weighted by molar-refractivity contribution is 6.02. The van der Waals surface area contributed by atoms with Crippen LogP contribution in [0.15, 0.2) is 54.8 Å². The number of ether oxygens (including phenoxy) is 3. The summed E-state index contributed by atoms with van der Waals surface area (Å²) in [6.07, 6.45) is 1.44. The molecule has 0 spiro atoms. The van der Waals surface area contributed by atoms with Crippen LogP contribution < -0.4 is 9.47 Å². The fourth-order valence-corrected chi connectivity index (χ4v) is 1.95. The average molecular weight is 268 g/mol. The molecular formula is C16H12O4. The Labute approximate surface area is 116 Å². The molecule has 1 aliphatic rings. The van der Waals surface area contributed by atoms with E-state index in [2.05, 4.69) is 0 Å². The second-order valence-corrected chi connectivity index (χ2v) is 4.21. The molecule has 3 rings (SSSR count). The summed E-state index contributed by atoms with van der Waals surface area (Å²) in [4.78, 5) is 11.6. The Morgan fingerprint density at radius 1 is 0.950 bits per heavy atom. The van der Waals surface area contributed by atoms with Crippen molar-refractivity contribution in [2.45, 2.75) is 0 Å². The highest BCUT2D eigenvalue weighted by atomic mass is 16.6. The van der Waals surface area contributed by atoms with Crippen LogP contribution in [0, 0.1) is 0 Å². The molecule has 0 atom stereocenters. The lowest BCUT2D eigenvalue weighted by molar-refractivity contribution is 0.0712. The van der Waals surface area contributed by atoms with Gasteiger partial charge < -0.3 is 14.2 Å². The molecule has 0 bridgehead atoms. The van der Waals surface area contributed by atoms with Gasteiger partial charge in [0.2, 0.25) is 0 Å². The van der Waals surface area contributed by atoms with Gasteiger partial charge in [-0.05, 0) is 30.3 Å². The summed E-state index contributed by atoms with van der Waals surface area (Å²) < 4.78 is 15.7. The lowest BCUT2D eigenvalue weighted by atomic mass is 10.1. The van der Waals surface area contributed by atoms with E-state index in [4.69, 9.17) is 14.2 Å². The van der Waals surface area contributed by atoms with Gasteiger partial charge in [0.05, 0.1) is 12.7 Å². The molecule has 2 aromatic carbocycles. The molecule has 20 heavy (non-hydrogen) atoms. The van der Waals surface area contributed by atoms with E-state index in [0.717, 1.165) is 11.3 Å². The fraction of sp³-hybridized carbons (Fsp3) is 0.0625. The molecule has 0 fully saturated rings. The van der Waals surface area contributed by atoms with Crippen LogP contribution in [0.4, 0.5) is 0 Å². The van der Waals surface area contributed by atoms with Crippen molar-refractivity contribution in [2.75, 3.05) is 7.11 Å². The zero-order valence-electron chi connectivity index (χ0n) is 10.8. The number of methoxy groups -OCH3 is 1. The highest BCUT2D eigenvalue weighted by Crippen LogP contribution is 2.29. The first-order chi connectivity index (χ1) is 9.78. The van der Waals surface area contributed by atoms with Gasteiger partial charge in [-0.25, -0.2) is 4.79 Å². The first-order valence-electron chi connectivity index (χ1n) is 6.10. The van der Waals surface area contributed by atoms with Crippen LogP contribution in [0.25, 0.3) is 5.76 Å². The van der Waals surface area contributed by atoms with Crippen molar-refractivity contribution >= 4 is 11.7 Å². The van der Waals surface area contributed by atoms with E-state index >= 15 is 0 Å². The maximum atomic E-state index is 11.6. The number of hydrogen-bond acceptors (Lipinski definition) is 4. The minimum Gasteiger partial charge on any atom is -0.497 e. The van der Waals surface area contributed by atoms with Crippen LogP contribution in [0.1, 0.15) is 15.9 Å². The van der Waals surface area contributed by atoms with Crippen molar-refractivity contribution in [3.05, 3.63) is 65.9 Å². The molecule has 0 aliphatic carbocycles. The summed E-state index contributed by atoms with van der Waals surface area (Å²) in [5.74, 6) is 1.45. The van der Waals surface area contributed by atoms with Crippen molar-refractivity contribution in [1.29, 1.82) is 0 Å². The van der Waals surface area contributed by atoms with Crippen molar-refractivity contribution in [2.24, 2.45) is 0 Å². The number of hydrogen-bond donors (Lipinski definition) is 0. The van der Waals surface area contributed by atoms with Crippen LogP contribution in [0.3, 0.4) is 0 Å². The molecule has 0 saturated heterocycles. The minimum atomic E-state index is -0.356. The number of rotatable bonds is 3. The van der Waals surface area contributed by atoms with E-state index in [0.29, 0.717) is 17.1 Å². The van der Waals surface area contributed by atoms with Crippen LogP contribution >= 0.6 is 0 Å². The smallest absolute Gasteiger partial charge is 0.344 e. The summed E-state index contributed by atoms with van der Waals surface area (Å²) >= 11 is 0. The van der Waals surface area contributed by atoms with Crippen LogP contribution in [0.2, 0.25) is 0 Å². The Morgan fingerprint density at radius 3 is 2.30 bits per heavy atom. The second kappa shape index (κ2) is 5.09. The van der Waals surface area contributed by atoms with E-state index in [9.17, 15) is 4.79 Å².